The van der Waals surface area contributed by atoms with E-state index in [1.54, 1.807) is 17.1 Å². The summed E-state index contributed by atoms with van der Waals surface area (Å²) in [5.74, 6) is 0.758. The Morgan fingerprint density at radius 3 is 2.94 bits per heavy atom. The van der Waals surface area contributed by atoms with Gasteiger partial charge in [0.2, 0.25) is 0 Å². The summed E-state index contributed by atoms with van der Waals surface area (Å²) in [6, 6.07) is 0.172. The Bertz CT molecular complexity index is 415. The SMILES string of the molecule is CCC1CCN(C(=O)c2cncn2C)C(CN)C1. The van der Waals surface area contributed by atoms with Crippen molar-refractivity contribution in [1.29, 1.82) is 0 Å². The van der Waals surface area contributed by atoms with Gasteiger partial charge in [0.25, 0.3) is 5.91 Å². The summed E-state index contributed by atoms with van der Waals surface area (Å²) in [4.78, 5) is 18.4. The Labute approximate surface area is 108 Å². The molecule has 1 fully saturated rings. The number of rotatable bonds is 3. The van der Waals surface area contributed by atoms with Crippen LogP contribution in [0.25, 0.3) is 0 Å². The topological polar surface area (TPSA) is 64.2 Å². The third kappa shape index (κ3) is 2.41. The Morgan fingerprint density at radius 1 is 1.61 bits per heavy atom. The molecule has 1 aromatic rings. The van der Waals surface area contributed by atoms with Crippen molar-refractivity contribution in [2.45, 2.75) is 32.2 Å². The zero-order valence-corrected chi connectivity index (χ0v) is 11.2. The second-order valence-electron chi connectivity index (χ2n) is 5.08. The molecule has 0 bridgehead atoms. The van der Waals surface area contributed by atoms with E-state index >= 15 is 0 Å². The number of aryl methyl sites for hydroxylation is 1. The van der Waals surface area contributed by atoms with E-state index in [1.165, 1.54) is 6.42 Å². The lowest BCUT2D eigenvalue weighted by molar-refractivity contribution is 0.0549. The van der Waals surface area contributed by atoms with E-state index in [1.807, 2.05) is 11.9 Å². The summed E-state index contributed by atoms with van der Waals surface area (Å²) in [6.07, 6.45) is 6.56. The summed E-state index contributed by atoms with van der Waals surface area (Å²) in [7, 11) is 1.84. The molecule has 1 aromatic heterocycles. The van der Waals surface area contributed by atoms with Gasteiger partial charge in [0.05, 0.1) is 12.5 Å². The number of imidazole rings is 1. The molecule has 5 heteroatoms. The van der Waals surface area contributed by atoms with E-state index in [9.17, 15) is 4.79 Å². The molecule has 2 heterocycles. The molecule has 100 valence electrons. The molecule has 2 rings (SSSR count). The molecule has 18 heavy (non-hydrogen) atoms. The van der Waals surface area contributed by atoms with Gasteiger partial charge in [-0.25, -0.2) is 4.98 Å². The maximum absolute atomic E-state index is 12.5. The van der Waals surface area contributed by atoms with Crippen molar-refractivity contribution < 1.29 is 4.79 Å². The fraction of sp³-hybridized carbons (Fsp3) is 0.692. The number of hydrogen-bond donors (Lipinski definition) is 1. The lowest BCUT2D eigenvalue weighted by Gasteiger charge is -2.38. The summed E-state index contributed by atoms with van der Waals surface area (Å²) in [6.45, 7) is 3.56. The number of nitrogens with zero attached hydrogens (tertiary/aromatic N) is 3. The fourth-order valence-corrected chi connectivity index (χ4v) is 2.71. The van der Waals surface area contributed by atoms with Crippen LogP contribution in [0.15, 0.2) is 12.5 Å². The van der Waals surface area contributed by atoms with Gasteiger partial charge in [-0.3, -0.25) is 4.79 Å². The minimum absolute atomic E-state index is 0.0556. The van der Waals surface area contributed by atoms with Crippen molar-refractivity contribution >= 4 is 5.91 Å². The average molecular weight is 250 g/mol. The summed E-state index contributed by atoms with van der Waals surface area (Å²) in [5.41, 5.74) is 6.47. The highest BCUT2D eigenvalue weighted by molar-refractivity contribution is 5.92. The molecule has 0 aromatic carbocycles. The van der Waals surface area contributed by atoms with E-state index in [0.717, 1.165) is 19.4 Å². The number of likely N-dealkylation sites (tertiary alicyclic amines) is 1. The highest BCUT2D eigenvalue weighted by Crippen LogP contribution is 2.26. The minimum atomic E-state index is 0.0556. The predicted octanol–water partition coefficient (Wildman–Crippen LogP) is 1.01. The van der Waals surface area contributed by atoms with Crippen LogP contribution < -0.4 is 5.73 Å². The van der Waals surface area contributed by atoms with Gasteiger partial charge < -0.3 is 15.2 Å². The lowest BCUT2D eigenvalue weighted by atomic mass is 9.88. The van der Waals surface area contributed by atoms with Crippen LogP contribution in [0.2, 0.25) is 0 Å². The van der Waals surface area contributed by atoms with Crippen LogP contribution in [-0.2, 0) is 7.05 Å². The number of carbonyl (C=O) groups is 1. The second kappa shape index (κ2) is 5.52. The van der Waals surface area contributed by atoms with Crippen LogP contribution in [0.1, 0.15) is 36.7 Å². The number of piperidine rings is 1. The molecule has 0 aliphatic carbocycles. The Morgan fingerprint density at radius 2 is 2.39 bits per heavy atom. The predicted molar refractivity (Wildman–Crippen MR) is 70.1 cm³/mol. The number of nitrogens with two attached hydrogens (primary N) is 1. The molecule has 0 radical (unpaired) electrons. The van der Waals surface area contributed by atoms with Gasteiger partial charge in [0.1, 0.15) is 5.69 Å². The van der Waals surface area contributed by atoms with Crippen molar-refractivity contribution in [2.24, 2.45) is 18.7 Å². The molecule has 1 aliphatic rings. The highest BCUT2D eigenvalue weighted by Gasteiger charge is 2.31. The quantitative estimate of drug-likeness (QED) is 0.870. The first-order valence-electron chi connectivity index (χ1n) is 6.64. The Balaban J connectivity index is 2.13. The zero-order chi connectivity index (χ0) is 13.1. The largest absolute Gasteiger partial charge is 0.333 e. The molecular formula is C13H22N4O. The molecule has 2 unspecified atom stereocenters. The van der Waals surface area contributed by atoms with Crippen LogP contribution in [-0.4, -0.2) is 39.5 Å². The summed E-state index contributed by atoms with van der Waals surface area (Å²) in [5, 5.41) is 0. The molecule has 2 N–H and O–H groups in total. The zero-order valence-electron chi connectivity index (χ0n) is 11.2. The molecule has 0 saturated carbocycles. The summed E-state index contributed by atoms with van der Waals surface area (Å²) < 4.78 is 1.77. The van der Waals surface area contributed by atoms with E-state index in [-0.39, 0.29) is 11.9 Å². The molecule has 1 amide bonds. The lowest BCUT2D eigenvalue weighted by Crippen LogP contribution is -2.49. The number of hydrogen-bond acceptors (Lipinski definition) is 3. The minimum Gasteiger partial charge on any atom is -0.333 e. The Kier molecular flexibility index (Phi) is 4.01. The van der Waals surface area contributed by atoms with Gasteiger partial charge in [-0.1, -0.05) is 13.3 Å². The normalized spacial score (nSPS) is 24.3. The van der Waals surface area contributed by atoms with Crippen LogP contribution in [0, 0.1) is 5.92 Å². The van der Waals surface area contributed by atoms with Crippen LogP contribution in [0.4, 0.5) is 0 Å². The molecule has 5 nitrogen and oxygen atoms in total. The van der Waals surface area contributed by atoms with Gasteiger partial charge in [0.15, 0.2) is 0 Å². The maximum Gasteiger partial charge on any atom is 0.272 e. The van der Waals surface area contributed by atoms with E-state index < -0.39 is 0 Å². The van der Waals surface area contributed by atoms with Crippen molar-refractivity contribution in [3.8, 4) is 0 Å². The molecular weight excluding hydrogens is 228 g/mol. The van der Waals surface area contributed by atoms with Crippen LogP contribution in [0.3, 0.4) is 0 Å². The number of amides is 1. The van der Waals surface area contributed by atoms with E-state index in [0.29, 0.717) is 18.2 Å². The first-order valence-corrected chi connectivity index (χ1v) is 6.64. The van der Waals surface area contributed by atoms with E-state index in [4.69, 9.17) is 5.73 Å². The maximum atomic E-state index is 12.5. The third-order valence-electron chi connectivity index (χ3n) is 3.97. The monoisotopic (exact) mass is 250 g/mol. The van der Waals surface area contributed by atoms with Crippen LogP contribution >= 0.6 is 0 Å². The average Bonchev–Trinajstić information content (AvgIpc) is 2.83. The van der Waals surface area contributed by atoms with Crippen molar-refractivity contribution in [3.05, 3.63) is 18.2 Å². The van der Waals surface area contributed by atoms with Gasteiger partial charge in [0, 0.05) is 26.2 Å². The standard InChI is InChI=1S/C13H22N4O/c1-3-10-4-5-17(11(6-10)7-14)13(18)12-8-15-9-16(12)2/h8-11H,3-7,14H2,1-2H3. The first-order chi connectivity index (χ1) is 8.67. The van der Waals surface area contributed by atoms with Gasteiger partial charge in [-0.05, 0) is 18.8 Å². The van der Waals surface area contributed by atoms with Gasteiger partial charge in [-0.2, -0.15) is 0 Å². The second-order valence-corrected chi connectivity index (χ2v) is 5.08. The number of aromatic nitrogens is 2. The van der Waals surface area contributed by atoms with Crippen molar-refractivity contribution in [1.82, 2.24) is 14.5 Å². The third-order valence-corrected chi connectivity index (χ3v) is 3.97. The smallest absolute Gasteiger partial charge is 0.272 e. The van der Waals surface area contributed by atoms with Gasteiger partial charge >= 0.3 is 0 Å². The fourth-order valence-electron chi connectivity index (χ4n) is 2.71. The molecule has 1 saturated heterocycles. The first kappa shape index (κ1) is 13.1. The van der Waals surface area contributed by atoms with E-state index in [2.05, 4.69) is 11.9 Å². The summed E-state index contributed by atoms with van der Waals surface area (Å²) >= 11 is 0. The molecule has 1 aliphatic heterocycles. The Hall–Kier alpha value is -1.36. The number of carbonyl (C=O) groups excluding carboxylic acids is 1. The molecule has 0 spiro atoms. The van der Waals surface area contributed by atoms with Crippen molar-refractivity contribution in [3.63, 3.8) is 0 Å². The van der Waals surface area contributed by atoms with Crippen LogP contribution in [0.5, 0.6) is 0 Å². The highest BCUT2D eigenvalue weighted by atomic mass is 16.2. The molecule has 2 atom stereocenters. The van der Waals surface area contributed by atoms with Gasteiger partial charge in [-0.15, -0.1) is 0 Å². The van der Waals surface area contributed by atoms with Crippen molar-refractivity contribution in [2.75, 3.05) is 13.1 Å².